The molecule has 1 aromatic heterocycles. The summed E-state index contributed by atoms with van der Waals surface area (Å²) < 4.78 is 37.0. The molecular weight excluding hydrogens is 777 g/mol. The second-order valence-corrected chi connectivity index (χ2v) is 19.0. The molecule has 8 aliphatic heterocycles. The van der Waals surface area contributed by atoms with Crippen molar-refractivity contribution in [1.29, 1.82) is 0 Å². The van der Waals surface area contributed by atoms with Crippen molar-refractivity contribution in [3.05, 3.63) is 69.3 Å². The van der Waals surface area contributed by atoms with E-state index in [9.17, 15) is 15.0 Å². The van der Waals surface area contributed by atoms with Crippen LogP contribution in [0.3, 0.4) is 0 Å². The van der Waals surface area contributed by atoms with Crippen LogP contribution >= 0.6 is 11.8 Å². The third-order valence-corrected chi connectivity index (χ3v) is 16.0. The van der Waals surface area contributed by atoms with E-state index in [4.69, 9.17) is 28.4 Å². The molecule has 4 bridgehead atoms. The van der Waals surface area contributed by atoms with Crippen molar-refractivity contribution < 1.29 is 48.2 Å². The molecule has 5 unspecified atom stereocenters. The molecule has 1 spiro atoms. The van der Waals surface area contributed by atoms with Crippen molar-refractivity contribution in [3.63, 3.8) is 0 Å². The summed E-state index contributed by atoms with van der Waals surface area (Å²) in [7, 11) is 5.36. The monoisotopic (exact) mass is 828 g/mol. The van der Waals surface area contributed by atoms with E-state index in [0.29, 0.717) is 59.4 Å². The number of piperazine rings is 1. The molecule has 15 heteroatoms. The summed E-state index contributed by atoms with van der Waals surface area (Å²) >= 11 is 1.59. The Bertz CT molecular complexity index is 2400. The summed E-state index contributed by atoms with van der Waals surface area (Å²) in [5.74, 6) is 2.06. The number of likely N-dealkylation sites (N-methyl/N-ethyl adjacent to an activating group) is 1. The lowest BCUT2D eigenvalue weighted by molar-refractivity contribution is -0.161. The molecule has 4 N–H and O–H groups in total. The van der Waals surface area contributed by atoms with Crippen LogP contribution in [0.15, 0.2) is 41.4 Å². The van der Waals surface area contributed by atoms with E-state index in [1.807, 2.05) is 32.0 Å². The number of aromatic nitrogens is 1. The number of benzene rings is 2. The zero-order valence-electron chi connectivity index (χ0n) is 34.7. The lowest BCUT2D eigenvalue weighted by atomic mass is 9.63. The molecule has 1 aliphatic carbocycles. The van der Waals surface area contributed by atoms with Crippen molar-refractivity contribution in [3.8, 4) is 23.0 Å². The number of fused-ring (bicyclic) bond motifs is 8. The van der Waals surface area contributed by atoms with Gasteiger partial charge in [0.1, 0.15) is 23.9 Å². The molecule has 4 saturated heterocycles. The van der Waals surface area contributed by atoms with Gasteiger partial charge in [-0.05, 0) is 75.9 Å². The van der Waals surface area contributed by atoms with Gasteiger partial charge in [-0.2, -0.15) is 0 Å². The largest absolute Gasteiger partial charge is 0.508 e. The van der Waals surface area contributed by atoms with Crippen molar-refractivity contribution >= 4 is 34.6 Å². The predicted octanol–water partition coefficient (Wildman–Crippen LogP) is 5.07. The number of aliphatic hydroxyl groups excluding tert-OH is 2. The summed E-state index contributed by atoms with van der Waals surface area (Å²) in [6.07, 6.45) is 3.44. The number of allylic oxidation sites excluding steroid dienone is 2. The Labute approximate surface area is 347 Å². The fourth-order valence-electron chi connectivity index (χ4n) is 12.3. The molecule has 4 fully saturated rings. The van der Waals surface area contributed by atoms with Crippen LogP contribution in [0.2, 0.25) is 0 Å². The average Bonchev–Trinajstić information content (AvgIpc) is 3.81. The first kappa shape index (κ1) is 38.8. The Hall–Kier alpha value is -4.41. The standard InChI is InChI=1S/C44H52N4O10S/c1-20-11-23-14-42(4)17-47(6)39(43(23,5)40(51)33(20)54-8)32-37-31-30(36-35(56-19-57-36)21(2)34(31)58-22(3)50)29(48(32)42)16-55-41(52)44(18-59-37)38-27(12-24(15-49)46-44)26-13-25(53-7)9-10-28(26)45-38/h9-11,13,23-24,29,32,37,39,45-46,49,51H,12,14-19H2,1-8H3/t23?,24-,29-,32-,37+,39?,42?,43?,44+/m0/s1. The molecule has 2 aromatic carbocycles. The summed E-state index contributed by atoms with van der Waals surface area (Å²) in [5, 5.41) is 27.3. The molecule has 12 rings (SSSR count). The molecule has 10 atom stereocenters. The van der Waals surface area contributed by atoms with Crippen LogP contribution in [0, 0.1) is 18.3 Å². The third-order valence-electron chi connectivity index (χ3n) is 14.6. The number of methoxy groups -OCH3 is 2. The van der Waals surface area contributed by atoms with Gasteiger partial charge in [-0.25, -0.2) is 4.79 Å². The molecule has 0 saturated carbocycles. The number of esters is 2. The number of thioether (sulfide) groups is 1. The summed E-state index contributed by atoms with van der Waals surface area (Å²) in [4.78, 5) is 36.8. The van der Waals surface area contributed by atoms with E-state index in [-0.39, 0.29) is 49.5 Å². The topological polar surface area (TPSA) is 164 Å². The Morgan fingerprint density at radius 3 is 2.61 bits per heavy atom. The number of carbonyl (C=O) groups is 2. The number of nitrogens with zero attached hydrogens (tertiary/aromatic N) is 2. The quantitative estimate of drug-likeness (QED) is 0.204. The normalized spacial score (nSPS) is 35.6. The van der Waals surface area contributed by atoms with Gasteiger partial charge in [0.05, 0.1) is 43.2 Å². The van der Waals surface area contributed by atoms with Crippen molar-refractivity contribution in [2.75, 3.05) is 53.6 Å². The van der Waals surface area contributed by atoms with Crippen LogP contribution in [-0.4, -0.2) is 114 Å². The van der Waals surface area contributed by atoms with E-state index in [0.717, 1.165) is 33.2 Å². The van der Waals surface area contributed by atoms with Gasteiger partial charge >= 0.3 is 11.9 Å². The highest BCUT2D eigenvalue weighted by Crippen LogP contribution is 2.67. The minimum absolute atomic E-state index is 0.00524. The number of nitrogens with one attached hydrogen (secondary N) is 2. The molecule has 0 radical (unpaired) electrons. The maximum absolute atomic E-state index is 15.2. The zero-order chi connectivity index (χ0) is 41.5. The molecule has 59 heavy (non-hydrogen) atoms. The first-order chi connectivity index (χ1) is 28.2. The summed E-state index contributed by atoms with van der Waals surface area (Å²) in [6.45, 7) is 10.1. The highest BCUT2D eigenvalue weighted by atomic mass is 32.2. The smallest absolute Gasteiger partial charge is 0.333 e. The number of hydrogen-bond donors (Lipinski definition) is 4. The molecule has 314 valence electrons. The SMILES string of the molecule is COC1=C(O)C2(C)C(C=C1C)CC1(C)CN(C)C2[C@@H]2[C@@H]3SC[C@]4(N[C@H](CO)Cc5c4[nH]c4ccc(OC)cc54)C(=O)OC[C@@H](c4c5c(c(C)c(OC(C)=O)c43)OCO5)N21. The molecule has 3 aromatic rings. The Morgan fingerprint density at radius 2 is 1.88 bits per heavy atom. The van der Waals surface area contributed by atoms with Crippen molar-refractivity contribution in [2.24, 2.45) is 11.3 Å². The fraction of sp³-hybridized carbons (Fsp3) is 0.545. The Morgan fingerprint density at radius 1 is 1.10 bits per heavy atom. The molecule has 9 aliphatic rings. The highest BCUT2D eigenvalue weighted by molar-refractivity contribution is 7.99. The molecule has 14 nitrogen and oxygen atoms in total. The number of ether oxygens (including phenoxy) is 6. The number of hydrogen-bond acceptors (Lipinski definition) is 14. The molecule has 0 amide bonds. The first-order valence-electron chi connectivity index (χ1n) is 20.4. The van der Waals surface area contributed by atoms with Gasteiger partial charge in [0, 0.05) is 70.5 Å². The van der Waals surface area contributed by atoms with Crippen LogP contribution in [-0.2, 0) is 31.0 Å². The maximum Gasteiger partial charge on any atom is 0.333 e. The van der Waals surface area contributed by atoms with Gasteiger partial charge < -0.3 is 43.6 Å². The van der Waals surface area contributed by atoms with Gasteiger partial charge in [-0.1, -0.05) is 13.0 Å². The van der Waals surface area contributed by atoms with Crippen LogP contribution < -0.4 is 24.3 Å². The average molecular weight is 829 g/mol. The number of rotatable bonds is 4. The second kappa shape index (κ2) is 13.3. The van der Waals surface area contributed by atoms with Crippen LogP contribution in [0.1, 0.15) is 73.4 Å². The maximum atomic E-state index is 15.2. The number of aliphatic hydroxyl groups is 2. The Balaban J connectivity index is 1.25. The predicted molar refractivity (Wildman–Crippen MR) is 219 cm³/mol. The first-order valence-corrected chi connectivity index (χ1v) is 21.4. The van der Waals surface area contributed by atoms with E-state index < -0.39 is 45.8 Å². The van der Waals surface area contributed by atoms with Crippen molar-refractivity contribution in [1.82, 2.24) is 20.1 Å². The van der Waals surface area contributed by atoms with E-state index in [2.05, 4.69) is 47.1 Å². The van der Waals surface area contributed by atoms with Crippen LogP contribution in [0.5, 0.6) is 23.0 Å². The molecular formula is C44H52N4O10S. The third kappa shape index (κ3) is 5.14. The number of carbonyl (C=O) groups excluding carboxylic acids is 2. The van der Waals surface area contributed by atoms with E-state index in [1.54, 1.807) is 26.0 Å². The second-order valence-electron chi connectivity index (χ2n) is 17.9. The highest BCUT2D eigenvalue weighted by Gasteiger charge is 2.68. The lowest BCUT2D eigenvalue weighted by Crippen LogP contribution is -2.72. The van der Waals surface area contributed by atoms with Gasteiger partial charge in [-0.15, -0.1) is 11.8 Å². The van der Waals surface area contributed by atoms with Gasteiger partial charge in [0.2, 0.25) is 6.79 Å². The zero-order valence-corrected chi connectivity index (χ0v) is 35.5. The number of aromatic amines is 1. The Kier molecular flexibility index (Phi) is 8.74. The van der Waals surface area contributed by atoms with E-state index in [1.165, 1.54) is 6.92 Å². The lowest BCUT2D eigenvalue weighted by Gasteiger charge is -2.63. The van der Waals surface area contributed by atoms with Crippen LogP contribution in [0.4, 0.5) is 0 Å². The van der Waals surface area contributed by atoms with Crippen molar-refractivity contribution in [2.45, 2.75) is 88.0 Å². The van der Waals surface area contributed by atoms with Gasteiger partial charge in [0.25, 0.3) is 0 Å². The summed E-state index contributed by atoms with van der Waals surface area (Å²) in [5.41, 5.74) is 2.86. The minimum Gasteiger partial charge on any atom is -0.508 e. The molecule has 9 heterocycles. The summed E-state index contributed by atoms with van der Waals surface area (Å²) in [6, 6.07) is 4.15. The van der Waals surface area contributed by atoms with Gasteiger partial charge in [-0.3, -0.25) is 19.9 Å². The van der Waals surface area contributed by atoms with Gasteiger partial charge in [0.15, 0.2) is 22.8 Å². The van der Waals surface area contributed by atoms with Crippen LogP contribution in [0.25, 0.3) is 10.9 Å². The number of H-pyrrole nitrogens is 1. The fourth-order valence-corrected chi connectivity index (χ4v) is 14.0. The minimum atomic E-state index is -1.41. The van der Waals surface area contributed by atoms with E-state index >= 15 is 4.79 Å².